The molecule has 1 unspecified atom stereocenters. The third kappa shape index (κ3) is 1.98. The Bertz CT molecular complexity index is 938. The first-order chi connectivity index (χ1) is 11.6. The van der Waals surface area contributed by atoms with Gasteiger partial charge in [0, 0.05) is 37.9 Å². The quantitative estimate of drug-likeness (QED) is 0.779. The number of hydrogen-bond donors (Lipinski definition) is 1. The van der Waals surface area contributed by atoms with Crippen molar-refractivity contribution in [3.05, 3.63) is 41.6 Å². The predicted octanol–water partition coefficient (Wildman–Crippen LogP) is 2.68. The molecule has 2 aliphatic rings. The Morgan fingerprint density at radius 3 is 2.71 bits per heavy atom. The molecule has 2 N–H and O–H groups in total. The lowest BCUT2D eigenvalue weighted by atomic mass is 10.2. The van der Waals surface area contributed by atoms with Gasteiger partial charge in [-0.1, -0.05) is 23.7 Å². The Hall–Kier alpha value is -2.11. The topological polar surface area (TPSA) is 60.0 Å². The summed E-state index contributed by atoms with van der Waals surface area (Å²) in [7, 11) is 2.02. The monoisotopic (exact) mass is 339 g/mol. The van der Waals surface area contributed by atoms with E-state index in [1.165, 1.54) is 0 Å². The zero-order chi connectivity index (χ0) is 16.4. The van der Waals surface area contributed by atoms with Gasteiger partial charge in [0.1, 0.15) is 11.6 Å². The number of imidazole rings is 1. The van der Waals surface area contributed by atoms with Crippen molar-refractivity contribution in [3.63, 3.8) is 0 Å². The molecule has 3 atom stereocenters. The molecule has 1 aliphatic carbocycles. The fourth-order valence-corrected chi connectivity index (χ4v) is 4.11. The first-order valence-corrected chi connectivity index (χ1v) is 8.59. The molecule has 5 rings (SSSR count). The molecule has 2 fully saturated rings. The lowest BCUT2D eigenvalue weighted by molar-refractivity contribution is 0.735. The van der Waals surface area contributed by atoms with Gasteiger partial charge in [-0.25, -0.2) is 9.97 Å². The number of aryl methyl sites for hydroxylation is 1. The second kappa shape index (κ2) is 4.94. The molecule has 5 nitrogen and oxygen atoms in total. The van der Waals surface area contributed by atoms with E-state index in [1.54, 1.807) is 6.20 Å². The van der Waals surface area contributed by atoms with Crippen molar-refractivity contribution in [1.82, 2.24) is 14.5 Å². The summed E-state index contributed by atoms with van der Waals surface area (Å²) >= 11 is 6.44. The van der Waals surface area contributed by atoms with E-state index in [9.17, 15) is 0 Å². The number of aromatic nitrogens is 3. The van der Waals surface area contributed by atoms with Gasteiger partial charge in [-0.05, 0) is 30.0 Å². The molecule has 6 heteroatoms. The highest BCUT2D eigenvalue weighted by atomic mass is 35.5. The molecule has 0 radical (unpaired) electrons. The molecule has 24 heavy (non-hydrogen) atoms. The molecule has 122 valence electrons. The van der Waals surface area contributed by atoms with Gasteiger partial charge in [-0.2, -0.15) is 0 Å². The standard InChI is InChI=1S/C18H18ClN5/c1-23-15-5-3-2-4-14(15)22-18(23)10-6-16(21-7-13(10)19)24-8-11-12(9-24)17(11)20/h2-7,11-12,17H,8-9,20H2,1H3/t11-,12+,17?. The molecule has 3 heterocycles. The number of benzene rings is 1. The van der Waals surface area contributed by atoms with Crippen molar-refractivity contribution in [1.29, 1.82) is 0 Å². The summed E-state index contributed by atoms with van der Waals surface area (Å²) in [6.07, 6.45) is 1.73. The highest BCUT2D eigenvalue weighted by Crippen LogP contribution is 2.45. The summed E-state index contributed by atoms with van der Waals surface area (Å²) in [6, 6.07) is 10.5. The summed E-state index contributed by atoms with van der Waals surface area (Å²) in [5.41, 5.74) is 9.02. The number of fused-ring (bicyclic) bond motifs is 2. The number of hydrogen-bond acceptors (Lipinski definition) is 4. The zero-order valence-electron chi connectivity index (χ0n) is 13.4. The minimum Gasteiger partial charge on any atom is -0.356 e. The summed E-state index contributed by atoms with van der Waals surface area (Å²) in [6.45, 7) is 1.98. The number of rotatable bonds is 2. The predicted molar refractivity (Wildman–Crippen MR) is 96.1 cm³/mol. The Balaban J connectivity index is 1.57. The first kappa shape index (κ1) is 14.3. The lowest BCUT2D eigenvalue weighted by Gasteiger charge is -2.21. The van der Waals surface area contributed by atoms with Crippen LogP contribution < -0.4 is 10.6 Å². The maximum absolute atomic E-state index is 6.44. The molecule has 3 aromatic rings. The largest absolute Gasteiger partial charge is 0.356 e. The zero-order valence-corrected chi connectivity index (χ0v) is 14.1. The van der Waals surface area contributed by atoms with Gasteiger partial charge in [0.05, 0.1) is 16.1 Å². The third-order valence-electron chi connectivity index (χ3n) is 5.45. The number of piperidine rings is 1. The van der Waals surface area contributed by atoms with Crippen LogP contribution in [0.1, 0.15) is 0 Å². The van der Waals surface area contributed by atoms with Gasteiger partial charge < -0.3 is 15.2 Å². The third-order valence-corrected chi connectivity index (χ3v) is 5.75. The highest BCUT2D eigenvalue weighted by Gasteiger charge is 2.53. The average molecular weight is 340 g/mol. The van der Waals surface area contributed by atoms with Crippen LogP contribution in [0.3, 0.4) is 0 Å². The van der Waals surface area contributed by atoms with E-state index in [1.807, 2.05) is 25.2 Å². The molecular weight excluding hydrogens is 322 g/mol. The number of para-hydroxylation sites is 2. The van der Waals surface area contributed by atoms with Gasteiger partial charge >= 0.3 is 0 Å². The van der Waals surface area contributed by atoms with Crippen molar-refractivity contribution in [2.24, 2.45) is 24.6 Å². The van der Waals surface area contributed by atoms with Gasteiger partial charge in [0.2, 0.25) is 0 Å². The van der Waals surface area contributed by atoms with E-state index in [-0.39, 0.29) is 0 Å². The van der Waals surface area contributed by atoms with Gasteiger partial charge in [0.15, 0.2) is 0 Å². The van der Waals surface area contributed by atoms with E-state index in [0.717, 1.165) is 41.3 Å². The second-order valence-electron chi connectivity index (χ2n) is 6.82. The summed E-state index contributed by atoms with van der Waals surface area (Å²) < 4.78 is 2.08. The first-order valence-electron chi connectivity index (χ1n) is 8.21. The van der Waals surface area contributed by atoms with E-state index in [2.05, 4.69) is 26.6 Å². The average Bonchev–Trinajstić information content (AvgIpc) is 2.95. The Morgan fingerprint density at radius 2 is 1.96 bits per heavy atom. The fraction of sp³-hybridized carbons (Fsp3) is 0.333. The van der Waals surface area contributed by atoms with Gasteiger partial charge in [-0.15, -0.1) is 0 Å². The molecule has 0 bridgehead atoms. The van der Waals surface area contributed by atoms with E-state index >= 15 is 0 Å². The molecule has 0 spiro atoms. The molecule has 1 saturated carbocycles. The maximum atomic E-state index is 6.44. The Morgan fingerprint density at radius 1 is 1.21 bits per heavy atom. The number of halogens is 1. The SMILES string of the molecule is Cn1c(-c2cc(N3C[C@@H]4C(N)[C@@H]4C3)ncc2Cl)nc2ccccc21. The Labute approximate surface area is 145 Å². The van der Waals surface area contributed by atoms with Crippen molar-refractivity contribution in [3.8, 4) is 11.4 Å². The number of nitrogens with two attached hydrogens (primary N) is 1. The molecule has 1 aliphatic heterocycles. The summed E-state index contributed by atoms with van der Waals surface area (Å²) in [5, 5.41) is 0.623. The van der Waals surface area contributed by atoms with Crippen molar-refractivity contribution < 1.29 is 0 Å². The fourth-order valence-electron chi connectivity index (χ4n) is 3.92. The van der Waals surface area contributed by atoms with Crippen LogP contribution in [0.4, 0.5) is 5.82 Å². The van der Waals surface area contributed by atoms with Crippen LogP contribution in [0, 0.1) is 11.8 Å². The van der Waals surface area contributed by atoms with E-state index in [0.29, 0.717) is 22.9 Å². The van der Waals surface area contributed by atoms with E-state index < -0.39 is 0 Å². The highest BCUT2D eigenvalue weighted by molar-refractivity contribution is 6.33. The van der Waals surface area contributed by atoms with Crippen LogP contribution in [0.5, 0.6) is 0 Å². The van der Waals surface area contributed by atoms with E-state index in [4.69, 9.17) is 22.3 Å². The smallest absolute Gasteiger partial charge is 0.142 e. The van der Waals surface area contributed by atoms with Gasteiger partial charge in [-0.3, -0.25) is 0 Å². The van der Waals surface area contributed by atoms with Gasteiger partial charge in [0.25, 0.3) is 0 Å². The molecule has 2 aromatic heterocycles. The molecule has 1 aromatic carbocycles. The van der Waals surface area contributed by atoms with Crippen LogP contribution >= 0.6 is 11.6 Å². The normalized spacial score (nSPS) is 25.3. The maximum Gasteiger partial charge on any atom is 0.142 e. The van der Waals surface area contributed by atoms with Crippen LogP contribution in [0.2, 0.25) is 5.02 Å². The van der Waals surface area contributed by atoms with Crippen molar-refractivity contribution >= 4 is 28.5 Å². The summed E-state index contributed by atoms with van der Waals surface area (Å²) in [4.78, 5) is 11.6. The second-order valence-corrected chi connectivity index (χ2v) is 7.22. The van der Waals surface area contributed by atoms with Crippen molar-refractivity contribution in [2.45, 2.75) is 6.04 Å². The van der Waals surface area contributed by atoms with Crippen LogP contribution in [0.15, 0.2) is 36.5 Å². The number of nitrogens with zero attached hydrogens (tertiary/aromatic N) is 4. The Kier molecular flexibility index (Phi) is 2.94. The number of pyridine rings is 1. The number of anilines is 1. The van der Waals surface area contributed by atoms with Crippen LogP contribution in [-0.4, -0.2) is 33.7 Å². The minimum atomic E-state index is 0.382. The lowest BCUT2D eigenvalue weighted by Crippen LogP contribution is -2.28. The van der Waals surface area contributed by atoms with Crippen LogP contribution in [-0.2, 0) is 7.05 Å². The summed E-state index contributed by atoms with van der Waals surface area (Å²) in [5.74, 6) is 3.08. The molecule has 0 amide bonds. The van der Waals surface area contributed by atoms with Crippen LogP contribution in [0.25, 0.3) is 22.4 Å². The van der Waals surface area contributed by atoms with Crippen molar-refractivity contribution in [2.75, 3.05) is 18.0 Å². The molecule has 1 saturated heterocycles. The minimum absolute atomic E-state index is 0.382. The molecular formula is C18H18ClN5.